The van der Waals surface area contributed by atoms with Gasteiger partial charge >= 0.3 is 0 Å². The number of aliphatic hydroxyl groups excluding tert-OH is 2. The molecule has 0 heterocycles. The molecule has 0 saturated heterocycles. The molecule has 2 nitrogen and oxygen atoms in total. The Morgan fingerprint density at radius 1 is 1.30 bits per heavy atom. The lowest BCUT2D eigenvalue weighted by Gasteiger charge is -2.30. The quantitative estimate of drug-likeness (QED) is 0.621. The fraction of sp³-hybridized carbons (Fsp3) is 1.00. The highest BCUT2D eigenvalue weighted by atomic mass is 16.3. The van der Waals surface area contributed by atoms with Crippen LogP contribution in [-0.4, -0.2) is 23.4 Å². The van der Waals surface area contributed by atoms with Crippen molar-refractivity contribution in [2.24, 2.45) is 11.3 Å². The smallest absolute Gasteiger partial charge is 0.0485 e. The molecule has 0 fully saturated rings. The highest BCUT2D eigenvalue weighted by Crippen LogP contribution is 2.27. The summed E-state index contributed by atoms with van der Waals surface area (Å²) in [6, 6.07) is 0. The molecule has 0 radical (unpaired) electrons. The largest absolute Gasteiger partial charge is 0.396 e. The van der Waals surface area contributed by atoms with E-state index in [1.807, 2.05) is 20.8 Å². The Bertz CT molecular complexity index is 85.3. The second-order valence-electron chi connectivity index (χ2n) is 3.43. The predicted octanol–water partition coefficient (Wildman–Crippen LogP) is 1.02. The summed E-state index contributed by atoms with van der Waals surface area (Å²) in [5.41, 5.74) is -0.135. The van der Waals surface area contributed by atoms with Gasteiger partial charge < -0.3 is 10.2 Å². The Balaban J connectivity index is 3.97. The first-order valence-corrected chi connectivity index (χ1v) is 3.80. The molecule has 0 aliphatic heterocycles. The zero-order valence-electron chi connectivity index (χ0n) is 7.09. The fourth-order valence-electron chi connectivity index (χ4n) is 1.06. The van der Waals surface area contributed by atoms with E-state index in [1.54, 1.807) is 0 Å². The molecule has 62 valence electrons. The van der Waals surface area contributed by atoms with Crippen molar-refractivity contribution in [3.05, 3.63) is 0 Å². The van der Waals surface area contributed by atoms with E-state index in [0.29, 0.717) is 0 Å². The van der Waals surface area contributed by atoms with Gasteiger partial charge in [0.05, 0.1) is 0 Å². The Labute approximate surface area is 62.9 Å². The van der Waals surface area contributed by atoms with E-state index in [1.165, 1.54) is 0 Å². The van der Waals surface area contributed by atoms with E-state index in [2.05, 4.69) is 0 Å². The van der Waals surface area contributed by atoms with Crippen molar-refractivity contribution in [3.63, 3.8) is 0 Å². The summed E-state index contributed by atoms with van der Waals surface area (Å²) >= 11 is 0. The Morgan fingerprint density at radius 2 is 1.80 bits per heavy atom. The monoisotopic (exact) mass is 146 g/mol. The fourth-order valence-corrected chi connectivity index (χ4v) is 1.06. The van der Waals surface area contributed by atoms with E-state index in [0.717, 1.165) is 6.42 Å². The molecule has 0 amide bonds. The van der Waals surface area contributed by atoms with Crippen LogP contribution in [0.4, 0.5) is 0 Å². The molecule has 0 aliphatic carbocycles. The third-order valence-corrected chi connectivity index (χ3v) is 2.23. The molecule has 2 N–H and O–H groups in total. The van der Waals surface area contributed by atoms with Crippen LogP contribution in [0.15, 0.2) is 0 Å². The number of hydrogen-bond donors (Lipinski definition) is 2. The van der Waals surface area contributed by atoms with Gasteiger partial charge in [-0.3, -0.25) is 0 Å². The molecular weight excluding hydrogens is 128 g/mol. The molecule has 0 aromatic rings. The molecule has 1 unspecified atom stereocenters. The summed E-state index contributed by atoms with van der Waals surface area (Å²) in [7, 11) is 0. The molecule has 1 atom stereocenters. The topological polar surface area (TPSA) is 40.5 Å². The highest BCUT2D eigenvalue weighted by molar-refractivity contribution is 4.75. The van der Waals surface area contributed by atoms with Crippen LogP contribution in [0.3, 0.4) is 0 Å². The van der Waals surface area contributed by atoms with Crippen LogP contribution in [0.1, 0.15) is 27.2 Å². The minimum atomic E-state index is -0.135. The molecule has 0 saturated carbocycles. The average molecular weight is 146 g/mol. The standard InChI is InChI=1S/C8H18O2/c1-4-7(5-9)8(2,3)6-10/h7,9-10H,4-6H2,1-3H3. The SMILES string of the molecule is CCC(CO)C(C)(C)CO. The van der Waals surface area contributed by atoms with Crippen molar-refractivity contribution in [1.29, 1.82) is 0 Å². The summed E-state index contributed by atoms with van der Waals surface area (Å²) in [6.45, 7) is 6.28. The van der Waals surface area contributed by atoms with Crippen molar-refractivity contribution < 1.29 is 10.2 Å². The summed E-state index contributed by atoms with van der Waals surface area (Å²) in [4.78, 5) is 0. The second-order valence-corrected chi connectivity index (χ2v) is 3.43. The third-order valence-electron chi connectivity index (χ3n) is 2.23. The number of rotatable bonds is 4. The summed E-state index contributed by atoms with van der Waals surface area (Å²) < 4.78 is 0. The van der Waals surface area contributed by atoms with E-state index in [9.17, 15) is 0 Å². The average Bonchev–Trinajstić information content (AvgIpc) is 1.90. The van der Waals surface area contributed by atoms with Gasteiger partial charge in [0.25, 0.3) is 0 Å². The van der Waals surface area contributed by atoms with E-state index in [-0.39, 0.29) is 24.5 Å². The van der Waals surface area contributed by atoms with Crippen molar-refractivity contribution in [2.75, 3.05) is 13.2 Å². The van der Waals surface area contributed by atoms with E-state index < -0.39 is 0 Å². The molecular formula is C8H18O2. The highest BCUT2D eigenvalue weighted by Gasteiger charge is 2.26. The molecule has 0 rings (SSSR count). The molecule has 0 spiro atoms. The van der Waals surface area contributed by atoms with Gasteiger partial charge in [-0.1, -0.05) is 27.2 Å². The van der Waals surface area contributed by atoms with Crippen molar-refractivity contribution >= 4 is 0 Å². The lowest BCUT2D eigenvalue weighted by molar-refractivity contribution is 0.0543. The van der Waals surface area contributed by atoms with Crippen molar-refractivity contribution in [1.82, 2.24) is 0 Å². The predicted molar refractivity (Wildman–Crippen MR) is 41.7 cm³/mol. The Hall–Kier alpha value is -0.0800. The van der Waals surface area contributed by atoms with Crippen LogP contribution in [-0.2, 0) is 0 Å². The zero-order chi connectivity index (χ0) is 8.20. The zero-order valence-corrected chi connectivity index (χ0v) is 7.09. The van der Waals surface area contributed by atoms with E-state index in [4.69, 9.17) is 10.2 Å². The Morgan fingerprint density at radius 3 is 1.90 bits per heavy atom. The lowest BCUT2D eigenvalue weighted by Crippen LogP contribution is -2.30. The van der Waals surface area contributed by atoms with Crippen LogP contribution in [0.2, 0.25) is 0 Å². The molecule has 0 aromatic carbocycles. The van der Waals surface area contributed by atoms with Gasteiger partial charge in [0.2, 0.25) is 0 Å². The number of hydrogen-bond acceptors (Lipinski definition) is 2. The van der Waals surface area contributed by atoms with Crippen LogP contribution < -0.4 is 0 Å². The minimum Gasteiger partial charge on any atom is -0.396 e. The van der Waals surface area contributed by atoms with Gasteiger partial charge in [-0.15, -0.1) is 0 Å². The lowest BCUT2D eigenvalue weighted by atomic mass is 9.78. The van der Waals surface area contributed by atoms with Crippen LogP contribution >= 0.6 is 0 Å². The van der Waals surface area contributed by atoms with Gasteiger partial charge in [0.15, 0.2) is 0 Å². The Kier molecular flexibility index (Phi) is 3.91. The van der Waals surface area contributed by atoms with Crippen molar-refractivity contribution in [3.8, 4) is 0 Å². The third kappa shape index (κ3) is 2.27. The maximum atomic E-state index is 8.92. The minimum absolute atomic E-state index is 0.135. The van der Waals surface area contributed by atoms with Gasteiger partial charge in [0, 0.05) is 13.2 Å². The second kappa shape index (κ2) is 3.94. The van der Waals surface area contributed by atoms with Gasteiger partial charge in [0.1, 0.15) is 0 Å². The first-order valence-electron chi connectivity index (χ1n) is 3.80. The van der Waals surface area contributed by atoms with Gasteiger partial charge in [-0.25, -0.2) is 0 Å². The molecule has 0 aromatic heterocycles. The van der Waals surface area contributed by atoms with Gasteiger partial charge in [-0.2, -0.15) is 0 Å². The first-order chi connectivity index (χ1) is 4.58. The van der Waals surface area contributed by atoms with E-state index >= 15 is 0 Å². The maximum Gasteiger partial charge on any atom is 0.0485 e. The summed E-state index contributed by atoms with van der Waals surface area (Å²) in [5.74, 6) is 0.220. The molecule has 10 heavy (non-hydrogen) atoms. The summed E-state index contributed by atoms with van der Waals surface area (Å²) in [5, 5.41) is 17.8. The molecule has 0 bridgehead atoms. The summed E-state index contributed by atoms with van der Waals surface area (Å²) in [6.07, 6.45) is 0.921. The van der Waals surface area contributed by atoms with Crippen LogP contribution in [0.25, 0.3) is 0 Å². The van der Waals surface area contributed by atoms with Crippen molar-refractivity contribution in [2.45, 2.75) is 27.2 Å². The maximum absolute atomic E-state index is 8.92. The van der Waals surface area contributed by atoms with Crippen LogP contribution in [0.5, 0.6) is 0 Å². The first kappa shape index (κ1) is 9.92. The normalized spacial score (nSPS) is 15.3. The van der Waals surface area contributed by atoms with Gasteiger partial charge in [-0.05, 0) is 11.3 Å². The molecule has 0 aliphatic rings. The molecule has 2 heteroatoms. The number of aliphatic hydroxyl groups is 2. The van der Waals surface area contributed by atoms with Crippen LogP contribution in [0, 0.1) is 11.3 Å².